The highest BCUT2D eigenvalue weighted by Gasteiger charge is 2.53. The first-order valence-electron chi connectivity index (χ1n) is 19.4. The number of hydrogen-bond acceptors (Lipinski definition) is 7. The lowest BCUT2D eigenvalue weighted by Crippen LogP contribution is -2.55. The van der Waals surface area contributed by atoms with E-state index in [1.165, 1.54) is 0 Å². The second-order valence-corrected chi connectivity index (χ2v) is 15.1. The van der Waals surface area contributed by atoms with E-state index in [1.54, 1.807) is 70.5 Å². The van der Waals surface area contributed by atoms with E-state index >= 15 is 0 Å². The molecular formula is C45H44N6O8. The van der Waals surface area contributed by atoms with Gasteiger partial charge in [0.1, 0.15) is 0 Å². The van der Waals surface area contributed by atoms with Gasteiger partial charge in [-0.2, -0.15) is 5.10 Å². The number of aromatic amines is 1. The van der Waals surface area contributed by atoms with Crippen LogP contribution in [0, 0.1) is 0 Å². The van der Waals surface area contributed by atoms with Crippen LogP contribution in [0.4, 0.5) is 0 Å². The maximum Gasteiger partial charge on any atom is 0.305 e. The average Bonchev–Trinajstić information content (AvgIpc) is 4.04. The Hall–Kier alpha value is -7.09. The summed E-state index contributed by atoms with van der Waals surface area (Å²) in [5.74, 6) is -5.92. The van der Waals surface area contributed by atoms with Gasteiger partial charge in [-0.05, 0) is 59.6 Å². The zero-order valence-electron chi connectivity index (χ0n) is 32.1. The summed E-state index contributed by atoms with van der Waals surface area (Å²) in [5.41, 5.74) is 12.7. The van der Waals surface area contributed by atoms with Gasteiger partial charge in [0.2, 0.25) is 23.6 Å². The van der Waals surface area contributed by atoms with Crippen molar-refractivity contribution >= 4 is 35.6 Å². The van der Waals surface area contributed by atoms with E-state index in [1.807, 2.05) is 54.6 Å². The SMILES string of the molecule is NC(=O)C(CC(=O)O)(C(=O)N1CCC[C@H]1c1ccc(-c2cc(-c3ccc([C@@H]4CCCN4C(=O)[C@@](CC(=O)O)(C(N)=O)c4ccccc4)cc3)[nH]n2)cc1)c1ccccc1. The molecule has 302 valence electrons. The highest BCUT2D eigenvalue weighted by molar-refractivity contribution is 6.13. The van der Waals surface area contributed by atoms with Gasteiger partial charge in [-0.25, -0.2) is 0 Å². The van der Waals surface area contributed by atoms with E-state index in [-0.39, 0.29) is 11.1 Å². The summed E-state index contributed by atoms with van der Waals surface area (Å²) in [7, 11) is 0. The molecule has 0 aliphatic carbocycles. The largest absolute Gasteiger partial charge is 0.481 e. The molecule has 59 heavy (non-hydrogen) atoms. The van der Waals surface area contributed by atoms with Gasteiger partial charge in [0.15, 0.2) is 10.8 Å². The number of nitrogens with one attached hydrogen (secondary N) is 1. The number of carboxylic acid groups (broad SMARTS) is 2. The second-order valence-electron chi connectivity index (χ2n) is 15.1. The lowest BCUT2D eigenvalue weighted by molar-refractivity contribution is -0.151. The summed E-state index contributed by atoms with van der Waals surface area (Å²) in [6.45, 7) is 0.687. The zero-order valence-corrected chi connectivity index (χ0v) is 32.1. The topological polar surface area (TPSA) is 230 Å². The van der Waals surface area contributed by atoms with E-state index in [2.05, 4.69) is 10.2 Å². The molecular weight excluding hydrogens is 753 g/mol. The predicted octanol–water partition coefficient (Wildman–Crippen LogP) is 4.87. The Kier molecular flexibility index (Phi) is 11.2. The Bertz CT molecular complexity index is 2220. The molecule has 0 radical (unpaired) electrons. The molecule has 14 nitrogen and oxygen atoms in total. The molecule has 4 aromatic carbocycles. The third kappa shape index (κ3) is 7.44. The number of nitrogens with zero attached hydrogens (tertiary/aromatic N) is 3. The molecule has 0 saturated carbocycles. The van der Waals surface area contributed by atoms with Gasteiger partial charge in [-0.1, -0.05) is 109 Å². The van der Waals surface area contributed by atoms with E-state index in [0.717, 1.165) is 27.9 Å². The summed E-state index contributed by atoms with van der Waals surface area (Å²) < 4.78 is 0. The summed E-state index contributed by atoms with van der Waals surface area (Å²) >= 11 is 0. The number of aromatic nitrogens is 2. The number of rotatable bonds is 14. The fourth-order valence-electron chi connectivity index (χ4n) is 8.75. The number of aliphatic carboxylic acids is 2. The molecule has 0 bridgehead atoms. The lowest BCUT2D eigenvalue weighted by atomic mass is 9.75. The number of amides is 4. The maximum absolute atomic E-state index is 14.2. The van der Waals surface area contributed by atoms with Gasteiger partial charge >= 0.3 is 11.9 Å². The first-order valence-corrected chi connectivity index (χ1v) is 19.4. The average molecular weight is 797 g/mol. The van der Waals surface area contributed by atoms with Crippen molar-refractivity contribution in [3.63, 3.8) is 0 Å². The van der Waals surface area contributed by atoms with Crippen LogP contribution in [0.5, 0.6) is 0 Å². The van der Waals surface area contributed by atoms with Crippen LogP contribution < -0.4 is 11.5 Å². The minimum Gasteiger partial charge on any atom is -0.481 e. The van der Waals surface area contributed by atoms with Crippen LogP contribution >= 0.6 is 0 Å². The highest BCUT2D eigenvalue weighted by Crippen LogP contribution is 2.41. The van der Waals surface area contributed by atoms with Crippen molar-refractivity contribution in [2.75, 3.05) is 13.1 Å². The van der Waals surface area contributed by atoms with Crippen LogP contribution in [0.25, 0.3) is 22.5 Å². The fraction of sp³-hybridized carbons (Fsp3) is 0.267. The number of hydrogen-bond donors (Lipinski definition) is 5. The number of carboxylic acids is 2. The van der Waals surface area contributed by atoms with Crippen LogP contribution in [0.15, 0.2) is 115 Å². The Labute approximate surface area is 339 Å². The fourth-order valence-corrected chi connectivity index (χ4v) is 8.75. The van der Waals surface area contributed by atoms with Gasteiger partial charge in [0, 0.05) is 18.7 Å². The Morgan fingerprint density at radius 2 is 1.02 bits per heavy atom. The van der Waals surface area contributed by atoms with Crippen molar-refractivity contribution in [2.24, 2.45) is 11.5 Å². The van der Waals surface area contributed by atoms with E-state index < -0.39 is 71.3 Å². The van der Waals surface area contributed by atoms with Gasteiger partial charge in [0.05, 0.1) is 36.3 Å². The molecule has 4 amide bonds. The molecule has 7 rings (SSSR count). The molecule has 0 spiro atoms. The minimum atomic E-state index is -2.06. The summed E-state index contributed by atoms with van der Waals surface area (Å²) in [6, 6.07) is 32.6. The quantitative estimate of drug-likeness (QED) is 0.0965. The van der Waals surface area contributed by atoms with Crippen LogP contribution in [0.3, 0.4) is 0 Å². The van der Waals surface area contributed by atoms with Crippen molar-refractivity contribution in [2.45, 2.75) is 61.4 Å². The van der Waals surface area contributed by atoms with E-state index in [0.29, 0.717) is 44.5 Å². The molecule has 2 saturated heterocycles. The molecule has 1 aromatic heterocycles. The number of nitrogens with two attached hydrogens (primary N) is 2. The van der Waals surface area contributed by atoms with Crippen LogP contribution in [-0.4, -0.2) is 78.9 Å². The first-order chi connectivity index (χ1) is 28.4. The third-order valence-corrected chi connectivity index (χ3v) is 11.7. The number of carbonyl (C=O) groups excluding carboxylic acids is 4. The van der Waals surface area contributed by atoms with Crippen molar-refractivity contribution in [3.8, 4) is 22.5 Å². The molecule has 7 N–H and O–H groups in total. The molecule has 2 aliphatic heterocycles. The Morgan fingerprint density at radius 1 is 0.610 bits per heavy atom. The normalized spacial score (nSPS) is 18.4. The van der Waals surface area contributed by atoms with Crippen LogP contribution in [-0.2, 0) is 39.6 Å². The van der Waals surface area contributed by atoms with Crippen LogP contribution in [0.2, 0.25) is 0 Å². The third-order valence-electron chi connectivity index (χ3n) is 11.7. The maximum atomic E-state index is 14.2. The smallest absolute Gasteiger partial charge is 0.305 e. The Morgan fingerprint density at radius 3 is 1.41 bits per heavy atom. The summed E-state index contributed by atoms with van der Waals surface area (Å²) in [5, 5.41) is 27.2. The molecule has 5 aromatic rings. The number of H-pyrrole nitrogens is 1. The van der Waals surface area contributed by atoms with Gasteiger partial charge < -0.3 is 31.5 Å². The number of likely N-dealkylation sites (tertiary alicyclic amines) is 2. The van der Waals surface area contributed by atoms with Crippen molar-refractivity contribution in [1.29, 1.82) is 0 Å². The number of carbonyl (C=O) groups is 6. The summed E-state index contributed by atoms with van der Waals surface area (Å²) in [6.07, 6.45) is 1.05. The monoisotopic (exact) mass is 796 g/mol. The molecule has 2 fully saturated rings. The zero-order chi connectivity index (χ0) is 41.9. The Balaban J connectivity index is 1.08. The second kappa shape index (κ2) is 16.4. The van der Waals surface area contributed by atoms with Crippen molar-refractivity contribution in [3.05, 3.63) is 138 Å². The lowest BCUT2D eigenvalue weighted by Gasteiger charge is -2.35. The molecule has 3 heterocycles. The van der Waals surface area contributed by atoms with Gasteiger partial charge in [-0.3, -0.25) is 33.9 Å². The number of primary amides is 2. The van der Waals surface area contributed by atoms with Gasteiger partial charge in [-0.15, -0.1) is 0 Å². The molecule has 1 unspecified atom stereocenters. The number of benzene rings is 4. The van der Waals surface area contributed by atoms with Crippen LogP contribution in [0.1, 0.15) is 72.9 Å². The highest BCUT2D eigenvalue weighted by atomic mass is 16.4. The molecule has 4 atom stereocenters. The van der Waals surface area contributed by atoms with E-state index in [9.17, 15) is 39.0 Å². The summed E-state index contributed by atoms with van der Waals surface area (Å²) in [4.78, 5) is 81.7. The first kappa shape index (κ1) is 40.1. The predicted molar refractivity (Wildman–Crippen MR) is 216 cm³/mol. The standard InChI is InChI=1S/C45H44N6O8/c46-40(56)44(26-38(52)53,32-9-3-1-4-10-32)42(58)50-23-7-13-36(50)30-19-15-28(16-20-30)34-25-35(49-48-34)29-17-21-31(22-18-29)37-14-8-24-51(37)43(59)45(41(47)57,27-39(54)55)33-11-5-2-6-12-33/h1-6,9-12,15-22,25,36-37H,7-8,13-14,23-24,26-27H2,(H2,46,56)(H2,47,57)(H,48,49)(H,52,53)(H,54,55)/t36-,37-,44+,45?/m0/s1. The van der Waals surface area contributed by atoms with Crippen molar-refractivity contribution < 1.29 is 39.0 Å². The van der Waals surface area contributed by atoms with E-state index in [4.69, 9.17) is 11.5 Å². The molecule has 14 heteroatoms. The van der Waals surface area contributed by atoms with Crippen molar-refractivity contribution in [1.82, 2.24) is 20.0 Å². The minimum absolute atomic E-state index is 0.239. The molecule has 2 aliphatic rings. The van der Waals surface area contributed by atoms with Gasteiger partial charge in [0.25, 0.3) is 0 Å².